The van der Waals surface area contributed by atoms with E-state index in [2.05, 4.69) is 4.90 Å². The minimum Gasteiger partial charge on any atom is -0.508 e. The summed E-state index contributed by atoms with van der Waals surface area (Å²) >= 11 is 0. The van der Waals surface area contributed by atoms with Crippen LogP contribution in [0.2, 0.25) is 0 Å². The molecule has 5 nitrogen and oxygen atoms in total. The van der Waals surface area contributed by atoms with Gasteiger partial charge in [-0.25, -0.2) is 4.79 Å². The summed E-state index contributed by atoms with van der Waals surface area (Å²) in [6.45, 7) is 2.35. The topological polar surface area (TPSA) is 70.8 Å². The summed E-state index contributed by atoms with van der Waals surface area (Å²) in [4.78, 5) is 24.7. The van der Waals surface area contributed by atoms with Crippen LogP contribution in [0.15, 0.2) is 33.5 Å². The Kier molecular flexibility index (Phi) is 3.75. The number of aldehydes is 1. The summed E-state index contributed by atoms with van der Waals surface area (Å²) in [6, 6.07) is 6.32. The number of aromatic hydroxyl groups is 1. The van der Waals surface area contributed by atoms with Crippen LogP contribution in [-0.4, -0.2) is 29.4 Å². The summed E-state index contributed by atoms with van der Waals surface area (Å²) in [5.41, 5.74) is 0.886. The summed E-state index contributed by atoms with van der Waals surface area (Å²) in [6.07, 6.45) is 2.76. The number of fused-ring (bicyclic) bond motifs is 1. The molecule has 1 aliphatic rings. The van der Waals surface area contributed by atoms with E-state index in [1.54, 1.807) is 12.1 Å². The quantitative estimate of drug-likeness (QED) is 0.689. The maximum Gasteiger partial charge on any atom is 0.336 e. The second kappa shape index (κ2) is 5.69. The molecule has 2 aromatic rings. The third-order valence-electron chi connectivity index (χ3n) is 4.03. The summed E-state index contributed by atoms with van der Waals surface area (Å²) < 4.78 is 5.13. The zero-order chi connectivity index (χ0) is 14.8. The van der Waals surface area contributed by atoms with Crippen LogP contribution in [0.1, 0.15) is 18.4 Å². The van der Waals surface area contributed by atoms with Gasteiger partial charge in [-0.3, -0.25) is 4.90 Å². The molecule has 1 aliphatic heterocycles. The number of hydrogen-bond donors (Lipinski definition) is 1. The molecule has 0 saturated carbocycles. The highest BCUT2D eigenvalue weighted by atomic mass is 16.4. The number of piperidine rings is 1. The first-order valence-corrected chi connectivity index (χ1v) is 7.09. The van der Waals surface area contributed by atoms with E-state index in [1.165, 1.54) is 12.1 Å². The lowest BCUT2D eigenvalue weighted by Crippen LogP contribution is -2.33. The molecule has 0 atom stereocenters. The van der Waals surface area contributed by atoms with Gasteiger partial charge in [-0.2, -0.15) is 0 Å². The Bertz CT molecular complexity index is 714. The lowest BCUT2D eigenvalue weighted by atomic mass is 9.98. The lowest BCUT2D eigenvalue weighted by Gasteiger charge is -2.29. The number of likely N-dealkylation sites (tertiary alicyclic amines) is 1. The van der Waals surface area contributed by atoms with Crippen molar-refractivity contribution in [2.75, 3.05) is 13.1 Å². The number of phenolic OH excluding ortho intramolecular Hbond substituents is 1. The van der Waals surface area contributed by atoms with Crippen molar-refractivity contribution < 1.29 is 14.3 Å². The fraction of sp³-hybridized carbons (Fsp3) is 0.375. The van der Waals surface area contributed by atoms with E-state index in [9.17, 15) is 14.7 Å². The minimum absolute atomic E-state index is 0.0783. The number of nitrogens with zero attached hydrogens (tertiary/aromatic N) is 1. The van der Waals surface area contributed by atoms with Crippen LogP contribution in [0.25, 0.3) is 11.0 Å². The summed E-state index contributed by atoms with van der Waals surface area (Å²) in [7, 11) is 0. The van der Waals surface area contributed by atoms with Crippen molar-refractivity contribution in [3.8, 4) is 5.75 Å². The highest BCUT2D eigenvalue weighted by molar-refractivity contribution is 5.81. The SMILES string of the molecule is O=CC1CCN(Cc2cc(=O)oc3cc(O)ccc23)CC1. The molecule has 0 unspecified atom stereocenters. The molecule has 5 heteroatoms. The van der Waals surface area contributed by atoms with E-state index in [0.717, 1.165) is 43.2 Å². The highest BCUT2D eigenvalue weighted by Crippen LogP contribution is 2.24. The van der Waals surface area contributed by atoms with E-state index in [0.29, 0.717) is 12.1 Å². The van der Waals surface area contributed by atoms with E-state index in [4.69, 9.17) is 4.42 Å². The Hall–Kier alpha value is -2.14. The average Bonchev–Trinajstić information content (AvgIpc) is 2.47. The third-order valence-corrected chi connectivity index (χ3v) is 4.03. The molecule has 0 amide bonds. The first-order chi connectivity index (χ1) is 10.2. The molecular weight excluding hydrogens is 270 g/mol. The number of carbonyl (C=O) groups excluding carboxylic acids is 1. The molecular formula is C16H17NO4. The Morgan fingerprint density at radius 3 is 2.76 bits per heavy atom. The molecule has 110 valence electrons. The van der Waals surface area contributed by atoms with Crippen molar-refractivity contribution in [2.24, 2.45) is 5.92 Å². The molecule has 0 spiro atoms. The molecule has 0 bridgehead atoms. The van der Waals surface area contributed by atoms with Gasteiger partial charge in [0.25, 0.3) is 0 Å². The van der Waals surface area contributed by atoms with Gasteiger partial charge in [-0.15, -0.1) is 0 Å². The van der Waals surface area contributed by atoms with Crippen molar-refractivity contribution in [3.05, 3.63) is 40.2 Å². The van der Waals surface area contributed by atoms with Gasteiger partial charge in [-0.05, 0) is 43.6 Å². The standard InChI is InChI=1S/C16H17NO4/c18-10-11-3-5-17(6-4-11)9-12-7-16(20)21-15-8-13(19)1-2-14(12)15/h1-2,7-8,10-11,19H,3-6,9H2. The maximum absolute atomic E-state index is 11.6. The normalized spacial score (nSPS) is 17.1. The molecule has 1 saturated heterocycles. The van der Waals surface area contributed by atoms with E-state index in [-0.39, 0.29) is 11.7 Å². The van der Waals surface area contributed by atoms with Crippen molar-refractivity contribution in [2.45, 2.75) is 19.4 Å². The first-order valence-electron chi connectivity index (χ1n) is 7.09. The Morgan fingerprint density at radius 2 is 2.05 bits per heavy atom. The summed E-state index contributed by atoms with van der Waals surface area (Å²) in [5, 5.41) is 10.3. The van der Waals surface area contributed by atoms with Crippen LogP contribution in [0.3, 0.4) is 0 Å². The smallest absolute Gasteiger partial charge is 0.336 e. The first kappa shape index (κ1) is 13.8. The second-order valence-electron chi connectivity index (χ2n) is 5.52. The van der Waals surface area contributed by atoms with E-state index in [1.807, 2.05) is 0 Å². The van der Waals surface area contributed by atoms with Crippen LogP contribution >= 0.6 is 0 Å². The predicted molar refractivity (Wildman–Crippen MR) is 78.2 cm³/mol. The monoisotopic (exact) mass is 287 g/mol. The van der Waals surface area contributed by atoms with Crippen LogP contribution < -0.4 is 5.63 Å². The lowest BCUT2D eigenvalue weighted by molar-refractivity contribution is -0.112. The van der Waals surface area contributed by atoms with Gasteiger partial charge in [0.2, 0.25) is 0 Å². The van der Waals surface area contributed by atoms with Gasteiger partial charge >= 0.3 is 5.63 Å². The number of carbonyl (C=O) groups is 1. The minimum atomic E-state index is -0.411. The predicted octanol–water partition coefficient (Wildman–Crippen LogP) is 1.91. The Morgan fingerprint density at radius 1 is 1.29 bits per heavy atom. The largest absolute Gasteiger partial charge is 0.508 e. The molecule has 3 rings (SSSR count). The van der Waals surface area contributed by atoms with Crippen molar-refractivity contribution in [1.29, 1.82) is 0 Å². The van der Waals surface area contributed by atoms with Crippen LogP contribution in [0.5, 0.6) is 5.75 Å². The number of phenols is 1. The molecule has 1 aromatic carbocycles. The Balaban J connectivity index is 1.87. The highest BCUT2D eigenvalue weighted by Gasteiger charge is 2.19. The molecule has 0 radical (unpaired) electrons. The fourth-order valence-corrected chi connectivity index (χ4v) is 2.84. The van der Waals surface area contributed by atoms with Crippen molar-refractivity contribution >= 4 is 17.3 Å². The molecule has 1 aromatic heterocycles. The third kappa shape index (κ3) is 2.97. The molecule has 21 heavy (non-hydrogen) atoms. The zero-order valence-corrected chi connectivity index (χ0v) is 11.6. The molecule has 0 aliphatic carbocycles. The van der Waals surface area contributed by atoms with Crippen molar-refractivity contribution in [1.82, 2.24) is 4.90 Å². The number of rotatable bonds is 3. The van der Waals surface area contributed by atoms with Gasteiger partial charge < -0.3 is 14.3 Å². The van der Waals surface area contributed by atoms with Crippen LogP contribution in [-0.2, 0) is 11.3 Å². The molecule has 2 heterocycles. The number of hydrogen-bond acceptors (Lipinski definition) is 5. The molecule has 1 fully saturated rings. The number of benzene rings is 1. The van der Waals surface area contributed by atoms with E-state index >= 15 is 0 Å². The van der Waals surface area contributed by atoms with Gasteiger partial charge in [-0.1, -0.05) is 0 Å². The average molecular weight is 287 g/mol. The Labute approximate surface area is 121 Å². The second-order valence-corrected chi connectivity index (χ2v) is 5.52. The van der Waals surface area contributed by atoms with Gasteiger partial charge in [0.15, 0.2) is 0 Å². The maximum atomic E-state index is 11.6. The summed E-state index contributed by atoms with van der Waals surface area (Å²) in [5.74, 6) is 0.241. The van der Waals surface area contributed by atoms with Crippen molar-refractivity contribution in [3.63, 3.8) is 0 Å². The van der Waals surface area contributed by atoms with Crippen LogP contribution in [0, 0.1) is 5.92 Å². The van der Waals surface area contributed by atoms with Gasteiger partial charge in [0.05, 0.1) is 0 Å². The van der Waals surface area contributed by atoms with Crippen LogP contribution in [0.4, 0.5) is 0 Å². The van der Waals surface area contributed by atoms with Gasteiger partial charge in [0, 0.05) is 30.0 Å². The molecule has 1 N–H and O–H groups in total. The van der Waals surface area contributed by atoms with E-state index < -0.39 is 5.63 Å². The van der Waals surface area contributed by atoms with Gasteiger partial charge in [0.1, 0.15) is 17.6 Å². The fourth-order valence-electron chi connectivity index (χ4n) is 2.84. The zero-order valence-electron chi connectivity index (χ0n) is 11.6.